The number of hydrogen-bond acceptors (Lipinski definition) is 5. The van der Waals surface area contributed by atoms with Crippen LogP contribution in [0.2, 0.25) is 0 Å². The molecule has 0 atom stereocenters. The molecule has 0 unspecified atom stereocenters. The van der Waals surface area contributed by atoms with Gasteiger partial charge in [-0.25, -0.2) is 20.7 Å². The van der Waals surface area contributed by atoms with Crippen molar-refractivity contribution in [2.45, 2.75) is 6.92 Å². The van der Waals surface area contributed by atoms with Crippen LogP contribution in [0, 0.1) is 0 Å². The maximum absolute atomic E-state index is 11.5. The highest BCUT2D eigenvalue weighted by Crippen LogP contribution is 2.03. The summed E-state index contributed by atoms with van der Waals surface area (Å²) in [5.41, 5.74) is 5.47. The van der Waals surface area contributed by atoms with Gasteiger partial charge < -0.3 is 5.32 Å². The lowest BCUT2D eigenvalue weighted by molar-refractivity contribution is 0.100. The molecule has 0 bridgehead atoms. The number of amides is 2. The first kappa shape index (κ1) is 12.6. The number of hydrogen-bond donors (Lipinski definition) is 3. The maximum atomic E-state index is 11.5. The summed E-state index contributed by atoms with van der Waals surface area (Å²) < 4.78 is 0. The van der Waals surface area contributed by atoms with E-state index >= 15 is 0 Å². The van der Waals surface area contributed by atoms with Gasteiger partial charge in [0.05, 0.1) is 0 Å². The molecule has 0 saturated carbocycles. The Bertz CT molecular complexity index is 580. The third-order valence-electron chi connectivity index (χ3n) is 2.12. The fraction of sp³-hybridized carbons (Fsp3) is 0.0909. The number of carbonyl (C=O) groups is 2. The van der Waals surface area contributed by atoms with E-state index in [1.807, 2.05) is 6.07 Å². The van der Waals surface area contributed by atoms with Crippen LogP contribution in [0.15, 0.2) is 36.7 Å². The number of para-hydroxylation sites is 1. The van der Waals surface area contributed by atoms with Gasteiger partial charge in [-0.1, -0.05) is 18.2 Å². The predicted octanol–water partition coefficient (Wildman–Crippen LogP) is 0.761. The second kappa shape index (κ2) is 5.63. The zero-order chi connectivity index (χ0) is 13.7. The van der Waals surface area contributed by atoms with Crippen LogP contribution >= 0.6 is 0 Å². The standard InChI is InChI=1S/C11H12N6O2/c1-8(18)10-12-7-17(15-10)16-14-11(19)13-9-5-3-2-4-6-9/h2-7,16H,1H3,(H2,13,14,19). The molecule has 0 aliphatic rings. The van der Waals surface area contributed by atoms with Crippen LogP contribution in [0.1, 0.15) is 17.5 Å². The smallest absolute Gasteiger partial charge is 0.307 e. The molecule has 0 fully saturated rings. The number of aromatic nitrogens is 3. The van der Waals surface area contributed by atoms with Gasteiger partial charge in [0.1, 0.15) is 6.33 Å². The monoisotopic (exact) mass is 260 g/mol. The number of anilines is 1. The first-order valence-electron chi connectivity index (χ1n) is 5.46. The van der Waals surface area contributed by atoms with E-state index in [1.54, 1.807) is 24.3 Å². The summed E-state index contributed by atoms with van der Waals surface area (Å²) in [7, 11) is 0. The van der Waals surface area contributed by atoms with E-state index in [0.29, 0.717) is 5.69 Å². The van der Waals surface area contributed by atoms with Gasteiger partial charge in [-0.15, -0.1) is 9.89 Å². The lowest BCUT2D eigenvalue weighted by atomic mass is 10.3. The molecule has 1 heterocycles. The van der Waals surface area contributed by atoms with Crippen molar-refractivity contribution in [1.29, 1.82) is 0 Å². The second-order valence-corrected chi connectivity index (χ2v) is 3.63. The summed E-state index contributed by atoms with van der Waals surface area (Å²) in [6.07, 6.45) is 1.28. The van der Waals surface area contributed by atoms with Crippen molar-refractivity contribution < 1.29 is 9.59 Å². The van der Waals surface area contributed by atoms with Gasteiger partial charge in [-0.05, 0) is 12.1 Å². The Labute approximate surface area is 108 Å². The van der Waals surface area contributed by atoms with Crippen LogP contribution in [0.4, 0.5) is 10.5 Å². The van der Waals surface area contributed by atoms with E-state index in [2.05, 4.69) is 26.4 Å². The van der Waals surface area contributed by atoms with Crippen LogP contribution in [0.25, 0.3) is 0 Å². The van der Waals surface area contributed by atoms with E-state index in [0.717, 1.165) is 4.79 Å². The molecule has 2 rings (SSSR count). The largest absolute Gasteiger partial charge is 0.339 e. The number of ketones is 1. The Morgan fingerprint density at radius 2 is 1.95 bits per heavy atom. The van der Waals surface area contributed by atoms with Gasteiger partial charge in [0, 0.05) is 12.6 Å². The minimum Gasteiger partial charge on any atom is -0.307 e. The van der Waals surface area contributed by atoms with E-state index in [4.69, 9.17) is 0 Å². The topological polar surface area (TPSA) is 101 Å². The molecule has 98 valence electrons. The van der Waals surface area contributed by atoms with Gasteiger partial charge in [-0.3, -0.25) is 4.79 Å². The van der Waals surface area contributed by atoms with Gasteiger partial charge in [0.15, 0.2) is 5.78 Å². The first-order valence-corrected chi connectivity index (χ1v) is 5.46. The van der Waals surface area contributed by atoms with Gasteiger partial charge in [0.2, 0.25) is 5.82 Å². The molecule has 0 radical (unpaired) electrons. The maximum Gasteiger partial charge on any atom is 0.339 e. The van der Waals surface area contributed by atoms with Crippen LogP contribution in [-0.4, -0.2) is 26.7 Å². The van der Waals surface area contributed by atoms with Crippen molar-refractivity contribution >= 4 is 17.5 Å². The Morgan fingerprint density at radius 1 is 1.21 bits per heavy atom. The average Bonchev–Trinajstić information content (AvgIpc) is 2.86. The Morgan fingerprint density at radius 3 is 2.58 bits per heavy atom. The molecule has 2 amide bonds. The minimum atomic E-state index is -0.467. The summed E-state index contributed by atoms with van der Waals surface area (Å²) >= 11 is 0. The van der Waals surface area contributed by atoms with Crippen LogP contribution in [0.5, 0.6) is 0 Å². The molecule has 0 aliphatic carbocycles. The van der Waals surface area contributed by atoms with Crippen molar-refractivity contribution in [2.24, 2.45) is 0 Å². The zero-order valence-electron chi connectivity index (χ0n) is 10.1. The Balaban J connectivity index is 1.84. The molecule has 1 aromatic carbocycles. The predicted molar refractivity (Wildman–Crippen MR) is 68.0 cm³/mol. The molecule has 3 N–H and O–H groups in total. The van der Waals surface area contributed by atoms with Gasteiger partial charge >= 0.3 is 6.03 Å². The summed E-state index contributed by atoms with van der Waals surface area (Å²) in [5, 5.41) is 6.39. The van der Waals surface area contributed by atoms with Crippen molar-refractivity contribution in [3.05, 3.63) is 42.5 Å². The Kier molecular flexibility index (Phi) is 3.72. The molecule has 1 aromatic heterocycles. The fourth-order valence-corrected chi connectivity index (χ4v) is 1.27. The average molecular weight is 260 g/mol. The molecule has 8 heteroatoms. The molecule has 0 spiro atoms. The third-order valence-corrected chi connectivity index (χ3v) is 2.12. The highest BCUT2D eigenvalue weighted by molar-refractivity contribution is 5.90. The normalized spacial score (nSPS) is 9.74. The SMILES string of the molecule is CC(=O)c1ncn(NNC(=O)Nc2ccccc2)n1. The van der Waals surface area contributed by atoms with Crippen molar-refractivity contribution in [1.82, 2.24) is 20.3 Å². The molecule has 8 nitrogen and oxygen atoms in total. The number of rotatable bonds is 4. The number of Topliss-reactive ketones (excluding diaryl/α,β-unsaturated/α-hetero) is 1. The van der Waals surface area contributed by atoms with Gasteiger partial charge in [-0.2, -0.15) is 0 Å². The summed E-state index contributed by atoms with van der Waals surface area (Å²) in [4.78, 5) is 27.4. The highest BCUT2D eigenvalue weighted by Gasteiger charge is 2.06. The number of benzene rings is 1. The van der Waals surface area contributed by atoms with E-state index in [-0.39, 0.29) is 11.6 Å². The molecule has 0 saturated heterocycles. The van der Waals surface area contributed by atoms with E-state index in [9.17, 15) is 9.59 Å². The van der Waals surface area contributed by atoms with E-state index < -0.39 is 6.03 Å². The molecule has 0 aliphatic heterocycles. The Hall–Kier alpha value is -2.90. The molecular weight excluding hydrogens is 248 g/mol. The first-order chi connectivity index (χ1) is 9.15. The zero-order valence-corrected chi connectivity index (χ0v) is 10.1. The number of urea groups is 1. The van der Waals surface area contributed by atoms with E-state index in [1.165, 1.54) is 13.3 Å². The molecule has 19 heavy (non-hydrogen) atoms. The lowest BCUT2D eigenvalue weighted by Crippen LogP contribution is -2.39. The summed E-state index contributed by atoms with van der Waals surface area (Å²) in [6.45, 7) is 1.36. The summed E-state index contributed by atoms with van der Waals surface area (Å²) in [5.74, 6) is -0.188. The van der Waals surface area contributed by atoms with Crippen molar-refractivity contribution in [2.75, 3.05) is 10.9 Å². The number of nitrogens with one attached hydrogen (secondary N) is 3. The number of nitrogens with zero attached hydrogens (tertiary/aromatic N) is 3. The highest BCUT2D eigenvalue weighted by atomic mass is 16.2. The molecular formula is C11H12N6O2. The molecule has 2 aromatic rings. The van der Waals surface area contributed by atoms with Crippen LogP contribution < -0.4 is 16.3 Å². The van der Waals surface area contributed by atoms with Crippen LogP contribution in [-0.2, 0) is 0 Å². The van der Waals surface area contributed by atoms with Crippen LogP contribution in [0.3, 0.4) is 0 Å². The third kappa shape index (κ3) is 3.53. The van der Waals surface area contributed by atoms with Gasteiger partial charge in [0.25, 0.3) is 0 Å². The van der Waals surface area contributed by atoms with Crippen molar-refractivity contribution in [3.63, 3.8) is 0 Å². The quantitative estimate of drug-likeness (QED) is 0.556. The van der Waals surface area contributed by atoms with Crippen molar-refractivity contribution in [3.8, 4) is 0 Å². The lowest BCUT2D eigenvalue weighted by Gasteiger charge is -2.08. The number of hydrazine groups is 1. The number of carbonyl (C=O) groups excluding carboxylic acids is 2. The fourth-order valence-electron chi connectivity index (χ4n) is 1.27. The summed E-state index contributed by atoms with van der Waals surface area (Å²) in [6, 6.07) is 8.50. The second-order valence-electron chi connectivity index (χ2n) is 3.63. The minimum absolute atomic E-state index is 0.0674.